The van der Waals surface area contributed by atoms with Crippen LogP contribution in [-0.2, 0) is 4.79 Å². The summed E-state index contributed by atoms with van der Waals surface area (Å²) in [6.45, 7) is 9.69. The summed E-state index contributed by atoms with van der Waals surface area (Å²) in [7, 11) is 0. The molecule has 3 nitrogen and oxygen atoms in total. The van der Waals surface area contributed by atoms with Gasteiger partial charge in [0.25, 0.3) is 0 Å². The Morgan fingerprint density at radius 3 is 2.19 bits per heavy atom. The van der Waals surface area contributed by atoms with E-state index in [4.69, 9.17) is 5.73 Å². The fraction of sp³-hybridized carbons (Fsp3) is 0.333. The van der Waals surface area contributed by atoms with Gasteiger partial charge in [-0.3, -0.25) is 9.79 Å². The molecule has 0 saturated carbocycles. The molecule has 21 heavy (non-hydrogen) atoms. The molecular weight excluding hydrogens is 260 g/mol. The Morgan fingerprint density at radius 1 is 1.19 bits per heavy atom. The van der Waals surface area contributed by atoms with E-state index < -0.39 is 11.9 Å². The molecule has 0 bridgehead atoms. The van der Waals surface area contributed by atoms with E-state index in [-0.39, 0.29) is 0 Å². The first kappa shape index (κ1) is 18.8. The molecule has 0 aliphatic carbocycles. The van der Waals surface area contributed by atoms with Crippen LogP contribution in [0.4, 0.5) is 0 Å². The number of nitrogens with zero attached hydrogens (tertiary/aromatic N) is 1. The molecule has 1 rings (SSSR count). The normalized spacial score (nSPS) is 13.1. The lowest BCUT2D eigenvalue weighted by molar-refractivity contribution is -0.118. The van der Waals surface area contributed by atoms with Crippen LogP contribution in [0.3, 0.4) is 0 Å². The van der Waals surface area contributed by atoms with Gasteiger partial charge in [-0.05, 0) is 37.5 Å². The fourth-order valence-corrected chi connectivity index (χ4v) is 1.57. The van der Waals surface area contributed by atoms with E-state index in [1.165, 1.54) is 5.57 Å². The Hall–Kier alpha value is -2.16. The summed E-state index contributed by atoms with van der Waals surface area (Å²) in [6.07, 6.45) is 7.82. The van der Waals surface area contributed by atoms with Gasteiger partial charge in [-0.1, -0.05) is 56.3 Å². The second-order valence-corrected chi connectivity index (χ2v) is 4.22. The summed E-state index contributed by atoms with van der Waals surface area (Å²) in [5, 5.41) is 0. The highest BCUT2D eigenvalue weighted by Crippen LogP contribution is 2.16. The molecule has 114 valence electrons. The number of carbonyl (C=O) groups excluding carboxylic acids is 1. The molecule has 2 N–H and O–H groups in total. The number of nitrogens with two attached hydrogens (primary N) is 1. The average Bonchev–Trinajstić information content (AvgIpc) is 2.52. The minimum absolute atomic E-state index is 0.419. The van der Waals surface area contributed by atoms with Crippen molar-refractivity contribution >= 4 is 17.7 Å². The first-order chi connectivity index (χ1) is 10.1. The van der Waals surface area contributed by atoms with Gasteiger partial charge < -0.3 is 5.73 Å². The van der Waals surface area contributed by atoms with Gasteiger partial charge in [0.05, 0.1) is 0 Å². The lowest BCUT2D eigenvalue weighted by Crippen LogP contribution is -2.23. The highest BCUT2D eigenvalue weighted by atomic mass is 16.1. The first-order valence-corrected chi connectivity index (χ1v) is 7.30. The van der Waals surface area contributed by atoms with Crippen molar-refractivity contribution in [2.75, 3.05) is 0 Å². The molecule has 0 saturated heterocycles. The predicted octanol–water partition coefficient (Wildman–Crippen LogP) is 3.98. The lowest BCUT2D eigenvalue weighted by atomic mass is 10.0. The second-order valence-electron chi connectivity index (χ2n) is 4.22. The Bertz CT molecular complexity index is 511. The zero-order valence-electron chi connectivity index (χ0n) is 13.6. The lowest BCUT2D eigenvalue weighted by Gasteiger charge is -2.03. The zero-order chi connectivity index (χ0) is 16.3. The first-order valence-electron chi connectivity index (χ1n) is 7.30. The monoisotopic (exact) mass is 286 g/mol. The summed E-state index contributed by atoms with van der Waals surface area (Å²) < 4.78 is 0. The van der Waals surface area contributed by atoms with Crippen molar-refractivity contribution in [3.63, 3.8) is 0 Å². The van der Waals surface area contributed by atoms with Crippen molar-refractivity contribution in [2.24, 2.45) is 10.7 Å². The van der Waals surface area contributed by atoms with Crippen LogP contribution in [0.5, 0.6) is 0 Å². The van der Waals surface area contributed by atoms with Gasteiger partial charge in [0.2, 0.25) is 5.91 Å². The maximum Gasteiger partial charge on any atom is 0.241 e. The topological polar surface area (TPSA) is 55.4 Å². The van der Waals surface area contributed by atoms with Gasteiger partial charge in [-0.15, -0.1) is 0 Å². The van der Waals surface area contributed by atoms with E-state index in [0.717, 1.165) is 11.1 Å². The largest absolute Gasteiger partial charge is 0.368 e. The van der Waals surface area contributed by atoms with Crippen LogP contribution in [0.15, 0.2) is 47.5 Å². The van der Waals surface area contributed by atoms with Crippen molar-refractivity contribution in [1.82, 2.24) is 0 Å². The quantitative estimate of drug-likeness (QED) is 0.646. The standard InChI is InChI=1S/C16H20N2O.C2H6/c1-4-6-14(5-2)15-9-7-13(8-10-15)11-18-12(3)16(17)19;1-2/h4-12H,1-3H3,(H2,17,19);1-2H3/b6-4-,14-5+,18-11?;. The Morgan fingerprint density at radius 2 is 1.76 bits per heavy atom. The average molecular weight is 286 g/mol. The van der Waals surface area contributed by atoms with E-state index in [2.05, 4.69) is 17.1 Å². The SMILES string of the molecule is C/C=C\C(=C/C)c1ccc(C=NC(C)C(N)=O)cc1.CC. The van der Waals surface area contributed by atoms with E-state index in [1.54, 1.807) is 13.1 Å². The van der Waals surface area contributed by atoms with E-state index in [1.807, 2.05) is 58.0 Å². The second kappa shape index (κ2) is 10.6. The molecule has 0 heterocycles. The molecule has 0 spiro atoms. The zero-order valence-corrected chi connectivity index (χ0v) is 13.6. The minimum Gasteiger partial charge on any atom is -0.368 e. The van der Waals surface area contributed by atoms with Crippen LogP contribution < -0.4 is 5.73 Å². The molecule has 3 heteroatoms. The number of hydrogen-bond donors (Lipinski definition) is 1. The summed E-state index contributed by atoms with van der Waals surface area (Å²) in [5.74, 6) is -0.419. The fourth-order valence-electron chi connectivity index (χ4n) is 1.57. The molecule has 1 atom stereocenters. The highest BCUT2D eigenvalue weighted by Gasteiger charge is 2.03. The summed E-state index contributed by atoms with van der Waals surface area (Å²) in [5.41, 5.74) is 8.43. The third-order valence-corrected chi connectivity index (χ3v) is 2.76. The number of benzene rings is 1. The van der Waals surface area contributed by atoms with Crippen molar-refractivity contribution < 1.29 is 4.79 Å². The van der Waals surface area contributed by atoms with Crippen LogP contribution in [0.2, 0.25) is 0 Å². The summed E-state index contributed by atoms with van der Waals surface area (Å²) in [6, 6.07) is 7.52. The third kappa shape index (κ3) is 6.70. The van der Waals surface area contributed by atoms with E-state index in [9.17, 15) is 4.79 Å². The van der Waals surface area contributed by atoms with E-state index in [0.29, 0.717) is 0 Å². The molecule has 1 amide bonds. The van der Waals surface area contributed by atoms with Gasteiger partial charge in [0.1, 0.15) is 6.04 Å². The van der Waals surface area contributed by atoms with Crippen molar-refractivity contribution in [3.05, 3.63) is 53.6 Å². The van der Waals surface area contributed by atoms with Crippen molar-refractivity contribution in [2.45, 2.75) is 40.7 Å². The smallest absolute Gasteiger partial charge is 0.241 e. The molecule has 1 unspecified atom stereocenters. The van der Waals surface area contributed by atoms with Gasteiger partial charge >= 0.3 is 0 Å². The number of rotatable bonds is 5. The molecular formula is C18H26N2O. The van der Waals surface area contributed by atoms with Crippen molar-refractivity contribution in [1.29, 1.82) is 0 Å². The molecule has 0 aromatic heterocycles. The maximum absolute atomic E-state index is 10.9. The number of aliphatic imine (C=N–C) groups is 1. The van der Waals surface area contributed by atoms with Crippen LogP contribution in [-0.4, -0.2) is 18.2 Å². The third-order valence-electron chi connectivity index (χ3n) is 2.76. The molecule has 0 aliphatic heterocycles. The van der Waals surface area contributed by atoms with Crippen LogP contribution >= 0.6 is 0 Å². The number of hydrogen-bond acceptors (Lipinski definition) is 2. The molecule has 0 fully saturated rings. The van der Waals surface area contributed by atoms with Crippen LogP contribution in [0, 0.1) is 0 Å². The summed E-state index contributed by atoms with van der Waals surface area (Å²) in [4.78, 5) is 15.0. The highest BCUT2D eigenvalue weighted by molar-refractivity contribution is 5.86. The van der Waals surface area contributed by atoms with Gasteiger partial charge in [0, 0.05) is 6.21 Å². The molecule has 0 aliphatic rings. The van der Waals surface area contributed by atoms with Gasteiger partial charge in [0.15, 0.2) is 0 Å². The molecule has 0 radical (unpaired) electrons. The van der Waals surface area contributed by atoms with E-state index >= 15 is 0 Å². The number of allylic oxidation sites excluding steroid dienone is 4. The Kier molecular flexibility index (Phi) is 9.52. The van der Waals surface area contributed by atoms with Crippen molar-refractivity contribution in [3.8, 4) is 0 Å². The number of carbonyl (C=O) groups is 1. The Labute approximate surface area is 128 Å². The number of amides is 1. The van der Waals surface area contributed by atoms with Gasteiger partial charge in [-0.25, -0.2) is 0 Å². The van der Waals surface area contributed by atoms with Gasteiger partial charge in [-0.2, -0.15) is 0 Å². The molecule has 1 aromatic carbocycles. The predicted molar refractivity (Wildman–Crippen MR) is 92.5 cm³/mol. The van der Waals surface area contributed by atoms with Crippen LogP contribution in [0.25, 0.3) is 5.57 Å². The molecule has 1 aromatic rings. The minimum atomic E-state index is -0.492. The maximum atomic E-state index is 10.9. The number of primary amides is 1. The Balaban J connectivity index is 0.00000191. The van der Waals surface area contributed by atoms with Crippen LogP contribution in [0.1, 0.15) is 45.7 Å². The summed E-state index contributed by atoms with van der Waals surface area (Å²) >= 11 is 0.